The Morgan fingerprint density at radius 2 is 1.78 bits per heavy atom. The Morgan fingerprint density at radius 1 is 1.00 bits per heavy atom. The number of benzene rings is 2. The molecule has 0 atom stereocenters. The lowest BCUT2D eigenvalue weighted by atomic mass is 10.1. The van der Waals surface area contributed by atoms with Crippen LogP contribution in [0, 0.1) is 12.7 Å². The fourth-order valence-electron chi connectivity index (χ4n) is 2.56. The molecule has 0 aliphatic heterocycles. The number of halogens is 1. The molecule has 0 aliphatic carbocycles. The van der Waals surface area contributed by atoms with Gasteiger partial charge in [-0.25, -0.2) is 9.37 Å². The molecule has 0 radical (unpaired) electrons. The molecule has 3 aromatic rings. The van der Waals surface area contributed by atoms with Gasteiger partial charge in [0.05, 0.1) is 5.69 Å². The maximum absolute atomic E-state index is 13.9. The highest BCUT2D eigenvalue weighted by atomic mass is 19.1. The van der Waals surface area contributed by atoms with E-state index in [9.17, 15) is 4.39 Å². The number of likely N-dealkylation sites (N-methyl/N-ethyl adjacent to an activating group) is 1. The Bertz CT molecular complexity index is 896. The number of hydrogen-bond acceptors (Lipinski definition) is 5. The SMILES string of the molecule is Cc1ccc(Nc2cc(-c3ccccc3)nc(NCCN(C)C)n2)cc1F. The van der Waals surface area contributed by atoms with Crippen molar-refractivity contribution in [2.24, 2.45) is 0 Å². The minimum absolute atomic E-state index is 0.248. The van der Waals surface area contributed by atoms with Crippen LogP contribution in [0.3, 0.4) is 0 Å². The van der Waals surface area contributed by atoms with Gasteiger partial charge in [0.25, 0.3) is 0 Å². The van der Waals surface area contributed by atoms with Crippen LogP contribution in [0.5, 0.6) is 0 Å². The number of aromatic nitrogens is 2. The summed E-state index contributed by atoms with van der Waals surface area (Å²) in [5.41, 5.74) is 3.05. The fraction of sp³-hybridized carbons (Fsp3) is 0.238. The topological polar surface area (TPSA) is 53.1 Å². The first-order valence-electron chi connectivity index (χ1n) is 8.87. The van der Waals surface area contributed by atoms with E-state index in [1.165, 1.54) is 6.07 Å². The summed E-state index contributed by atoms with van der Waals surface area (Å²) in [5, 5.41) is 6.44. The van der Waals surface area contributed by atoms with Gasteiger partial charge >= 0.3 is 0 Å². The van der Waals surface area contributed by atoms with Gasteiger partial charge in [-0.2, -0.15) is 4.98 Å². The van der Waals surface area contributed by atoms with Gasteiger partial charge in [-0.3, -0.25) is 0 Å². The monoisotopic (exact) mass is 365 g/mol. The van der Waals surface area contributed by atoms with E-state index >= 15 is 0 Å². The summed E-state index contributed by atoms with van der Waals surface area (Å²) in [6.45, 7) is 3.33. The van der Waals surface area contributed by atoms with E-state index in [1.54, 1.807) is 13.0 Å². The molecule has 0 amide bonds. The fourth-order valence-corrected chi connectivity index (χ4v) is 2.56. The van der Waals surface area contributed by atoms with Crippen molar-refractivity contribution in [3.8, 4) is 11.3 Å². The van der Waals surface area contributed by atoms with Crippen molar-refractivity contribution in [3.05, 3.63) is 66.0 Å². The maximum atomic E-state index is 13.9. The number of aryl methyl sites for hydroxylation is 1. The van der Waals surface area contributed by atoms with Crippen LogP contribution in [-0.4, -0.2) is 42.1 Å². The molecule has 0 bridgehead atoms. The van der Waals surface area contributed by atoms with Gasteiger partial charge < -0.3 is 15.5 Å². The summed E-state index contributed by atoms with van der Waals surface area (Å²) in [6.07, 6.45) is 0. The van der Waals surface area contributed by atoms with Crippen molar-refractivity contribution in [2.75, 3.05) is 37.8 Å². The highest BCUT2D eigenvalue weighted by Crippen LogP contribution is 2.24. The van der Waals surface area contributed by atoms with Crippen LogP contribution >= 0.6 is 0 Å². The van der Waals surface area contributed by atoms with Gasteiger partial charge in [0.1, 0.15) is 11.6 Å². The summed E-state index contributed by atoms with van der Waals surface area (Å²) in [4.78, 5) is 11.2. The van der Waals surface area contributed by atoms with Gasteiger partial charge in [0.15, 0.2) is 0 Å². The zero-order chi connectivity index (χ0) is 19.2. The molecule has 0 saturated carbocycles. The number of rotatable bonds is 7. The third kappa shape index (κ3) is 5.24. The van der Waals surface area contributed by atoms with Gasteiger partial charge in [-0.15, -0.1) is 0 Å². The van der Waals surface area contributed by atoms with E-state index in [1.807, 2.05) is 56.6 Å². The molecule has 2 aromatic carbocycles. The largest absolute Gasteiger partial charge is 0.353 e. The normalized spacial score (nSPS) is 10.9. The van der Waals surface area contributed by atoms with E-state index in [-0.39, 0.29) is 5.82 Å². The van der Waals surface area contributed by atoms with E-state index in [2.05, 4.69) is 25.5 Å². The van der Waals surface area contributed by atoms with Crippen LogP contribution in [0.25, 0.3) is 11.3 Å². The lowest BCUT2D eigenvalue weighted by Crippen LogP contribution is -2.21. The molecule has 3 rings (SSSR count). The zero-order valence-corrected chi connectivity index (χ0v) is 15.8. The predicted octanol–water partition coefficient (Wildman–Crippen LogP) is 4.31. The van der Waals surface area contributed by atoms with Gasteiger partial charge in [0, 0.05) is 30.4 Å². The summed E-state index contributed by atoms with van der Waals surface area (Å²) in [6, 6.07) is 16.8. The predicted molar refractivity (Wildman–Crippen MR) is 109 cm³/mol. The second-order valence-electron chi connectivity index (χ2n) is 6.65. The quantitative estimate of drug-likeness (QED) is 0.653. The molecule has 5 nitrogen and oxygen atoms in total. The lowest BCUT2D eigenvalue weighted by molar-refractivity contribution is 0.425. The molecule has 6 heteroatoms. The average molecular weight is 365 g/mol. The van der Waals surface area contributed by atoms with Crippen LogP contribution in [-0.2, 0) is 0 Å². The van der Waals surface area contributed by atoms with Crippen LogP contribution in [0.1, 0.15) is 5.56 Å². The van der Waals surface area contributed by atoms with Gasteiger partial charge in [-0.1, -0.05) is 36.4 Å². The number of nitrogens with one attached hydrogen (secondary N) is 2. The standard InChI is InChI=1S/C21H24FN5/c1-15-9-10-17(13-18(15)22)24-20-14-19(16-7-5-4-6-8-16)25-21(26-20)23-11-12-27(2)3/h4-10,13-14H,11-12H2,1-3H3,(H2,23,24,25,26). The minimum atomic E-state index is -0.248. The second-order valence-corrected chi connectivity index (χ2v) is 6.65. The molecule has 1 heterocycles. The molecule has 0 saturated heterocycles. The highest BCUT2D eigenvalue weighted by Gasteiger charge is 2.08. The zero-order valence-electron chi connectivity index (χ0n) is 15.8. The van der Waals surface area contributed by atoms with E-state index in [0.29, 0.717) is 23.0 Å². The lowest BCUT2D eigenvalue weighted by Gasteiger charge is -2.13. The summed E-state index contributed by atoms with van der Waals surface area (Å²) >= 11 is 0. The molecule has 0 unspecified atom stereocenters. The van der Waals surface area contributed by atoms with E-state index in [0.717, 1.165) is 24.3 Å². The van der Waals surface area contributed by atoms with Crippen LogP contribution in [0.15, 0.2) is 54.6 Å². The first-order chi connectivity index (χ1) is 13.0. The number of anilines is 3. The minimum Gasteiger partial charge on any atom is -0.353 e. The van der Waals surface area contributed by atoms with Gasteiger partial charge in [-0.05, 0) is 38.7 Å². The summed E-state index contributed by atoms with van der Waals surface area (Å²) < 4.78 is 13.9. The van der Waals surface area contributed by atoms with E-state index < -0.39 is 0 Å². The van der Waals surface area contributed by atoms with Crippen molar-refractivity contribution < 1.29 is 4.39 Å². The van der Waals surface area contributed by atoms with Crippen molar-refractivity contribution in [3.63, 3.8) is 0 Å². The van der Waals surface area contributed by atoms with Crippen LogP contribution < -0.4 is 10.6 Å². The maximum Gasteiger partial charge on any atom is 0.225 e. The van der Waals surface area contributed by atoms with Crippen molar-refractivity contribution in [1.82, 2.24) is 14.9 Å². The molecule has 0 spiro atoms. The summed E-state index contributed by atoms with van der Waals surface area (Å²) in [5.74, 6) is 0.898. The molecule has 0 fully saturated rings. The highest BCUT2D eigenvalue weighted by molar-refractivity contribution is 5.67. The Labute approximate surface area is 159 Å². The first kappa shape index (κ1) is 18.8. The Kier molecular flexibility index (Phi) is 5.98. The Balaban J connectivity index is 1.90. The first-order valence-corrected chi connectivity index (χ1v) is 8.87. The number of nitrogens with zero attached hydrogens (tertiary/aromatic N) is 3. The Morgan fingerprint density at radius 3 is 2.48 bits per heavy atom. The smallest absolute Gasteiger partial charge is 0.225 e. The third-order valence-electron chi connectivity index (χ3n) is 4.08. The van der Waals surface area contributed by atoms with Gasteiger partial charge in [0.2, 0.25) is 5.95 Å². The van der Waals surface area contributed by atoms with Crippen molar-refractivity contribution in [1.29, 1.82) is 0 Å². The molecule has 0 aliphatic rings. The molecule has 140 valence electrons. The third-order valence-corrected chi connectivity index (χ3v) is 4.08. The van der Waals surface area contributed by atoms with Crippen molar-refractivity contribution >= 4 is 17.5 Å². The average Bonchev–Trinajstić information content (AvgIpc) is 2.65. The van der Waals surface area contributed by atoms with E-state index in [4.69, 9.17) is 0 Å². The molecule has 1 aromatic heterocycles. The molecule has 2 N–H and O–H groups in total. The van der Waals surface area contributed by atoms with Crippen LogP contribution in [0.4, 0.5) is 21.8 Å². The molecule has 27 heavy (non-hydrogen) atoms. The Hall–Kier alpha value is -2.99. The van der Waals surface area contributed by atoms with Crippen LogP contribution in [0.2, 0.25) is 0 Å². The summed E-state index contributed by atoms with van der Waals surface area (Å²) in [7, 11) is 4.03. The molecular weight excluding hydrogens is 341 g/mol. The molecular formula is C21H24FN5. The second kappa shape index (κ2) is 8.60. The number of hydrogen-bond donors (Lipinski definition) is 2. The van der Waals surface area contributed by atoms with Crippen molar-refractivity contribution in [2.45, 2.75) is 6.92 Å².